The van der Waals surface area contributed by atoms with Crippen molar-refractivity contribution in [3.63, 3.8) is 0 Å². The van der Waals surface area contributed by atoms with Crippen molar-refractivity contribution in [2.75, 3.05) is 7.11 Å². The van der Waals surface area contributed by atoms with Gasteiger partial charge in [0.2, 0.25) is 0 Å². The van der Waals surface area contributed by atoms with Crippen LogP contribution < -0.4 is 4.74 Å². The van der Waals surface area contributed by atoms with E-state index in [1.54, 1.807) is 7.11 Å². The van der Waals surface area contributed by atoms with Crippen molar-refractivity contribution in [1.82, 2.24) is 0 Å². The summed E-state index contributed by atoms with van der Waals surface area (Å²) in [6.45, 7) is 10.2. The largest absolute Gasteiger partial charge is 0.497 e. The molecule has 0 saturated carbocycles. The summed E-state index contributed by atoms with van der Waals surface area (Å²) in [6, 6.07) is 18.4. The molecule has 0 aliphatic rings. The molecule has 0 aliphatic heterocycles. The summed E-state index contributed by atoms with van der Waals surface area (Å²) in [5.74, 6) is 0.893. The molecule has 114 valence electrons. The molecule has 0 atom stereocenters. The second-order valence-electron chi connectivity index (χ2n) is 4.46. The maximum Gasteiger partial charge on any atom is 0.118 e. The van der Waals surface area contributed by atoms with Crippen LogP contribution in [0.3, 0.4) is 0 Å². The molecule has 0 N–H and O–H groups in total. The first-order chi connectivity index (χ1) is 10.2. The van der Waals surface area contributed by atoms with Gasteiger partial charge in [-0.2, -0.15) is 0 Å². The topological polar surface area (TPSA) is 9.23 Å². The lowest BCUT2D eigenvalue weighted by Crippen LogP contribution is -1.82. The van der Waals surface area contributed by atoms with Crippen LogP contribution >= 0.6 is 0 Å². The number of methoxy groups -OCH3 is 1. The maximum absolute atomic E-state index is 5.11. The zero-order valence-electron chi connectivity index (χ0n) is 14.2. The van der Waals surface area contributed by atoms with Gasteiger partial charge in [0.25, 0.3) is 0 Å². The zero-order valence-corrected chi connectivity index (χ0v) is 14.2. The van der Waals surface area contributed by atoms with Gasteiger partial charge in [0.1, 0.15) is 5.75 Å². The maximum atomic E-state index is 5.11. The minimum atomic E-state index is 0.893. The predicted octanol–water partition coefficient (Wildman–Crippen LogP) is 6.36. The molecule has 0 aliphatic carbocycles. The second kappa shape index (κ2) is 11.8. The summed E-state index contributed by atoms with van der Waals surface area (Å²) in [5, 5.41) is 0. The molecule has 0 radical (unpaired) electrons. The fraction of sp³-hybridized carbons (Fsp3) is 0.300. The molecule has 0 saturated heterocycles. The molecule has 21 heavy (non-hydrogen) atoms. The van der Waals surface area contributed by atoms with Gasteiger partial charge in [-0.25, -0.2) is 0 Å². The van der Waals surface area contributed by atoms with E-state index < -0.39 is 0 Å². The molecule has 0 unspecified atom stereocenters. The summed E-state index contributed by atoms with van der Waals surface area (Å²) in [6.07, 6.45) is 2.08. The molecule has 0 aromatic heterocycles. The molecule has 2 aromatic carbocycles. The molecular formula is C20H28O. The van der Waals surface area contributed by atoms with E-state index in [9.17, 15) is 0 Å². The predicted molar refractivity (Wildman–Crippen MR) is 94.9 cm³/mol. The van der Waals surface area contributed by atoms with E-state index in [1.165, 1.54) is 16.7 Å². The van der Waals surface area contributed by atoms with Gasteiger partial charge in [-0.15, -0.1) is 0 Å². The Hall–Kier alpha value is -2.02. The highest BCUT2D eigenvalue weighted by Crippen LogP contribution is 2.21. The summed E-state index contributed by atoms with van der Waals surface area (Å²) in [4.78, 5) is 0. The van der Waals surface area contributed by atoms with Crippen LogP contribution in [0.2, 0.25) is 0 Å². The molecule has 0 fully saturated rings. The quantitative estimate of drug-likeness (QED) is 0.583. The fourth-order valence-electron chi connectivity index (χ4n) is 1.41. The summed E-state index contributed by atoms with van der Waals surface area (Å²) in [5.41, 5.74) is 3.83. The smallest absolute Gasteiger partial charge is 0.118 e. The van der Waals surface area contributed by atoms with E-state index in [4.69, 9.17) is 4.74 Å². The number of hydrogen-bond acceptors (Lipinski definition) is 1. The standard InChI is InChI=1S/C13H12O.C5H10.C2H6/c1-14-13-9-7-12(8-10-13)11-5-3-2-4-6-11;1-4-5(2)3;1-2/h2-10H,1H3;4H,1-3H3;1-2H3. The van der Waals surface area contributed by atoms with Crippen molar-refractivity contribution in [3.8, 4) is 16.9 Å². The Labute approximate surface area is 130 Å². The highest BCUT2D eigenvalue weighted by molar-refractivity contribution is 5.63. The Balaban J connectivity index is 0.000000489. The molecule has 1 nitrogen and oxygen atoms in total. The first kappa shape index (κ1) is 19.0. The lowest BCUT2D eigenvalue weighted by Gasteiger charge is -2.02. The van der Waals surface area contributed by atoms with E-state index in [2.05, 4.69) is 44.2 Å². The highest BCUT2D eigenvalue weighted by atomic mass is 16.5. The third kappa shape index (κ3) is 7.98. The van der Waals surface area contributed by atoms with Gasteiger partial charge in [-0.05, 0) is 44.0 Å². The lowest BCUT2D eigenvalue weighted by molar-refractivity contribution is 0.415. The van der Waals surface area contributed by atoms with Gasteiger partial charge >= 0.3 is 0 Å². The first-order valence-electron chi connectivity index (χ1n) is 7.46. The van der Waals surface area contributed by atoms with E-state index in [0.29, 0.717) is 0 Å². The molecule has 2 aromatic rings. The van der Waals surface area contributed by atoms with Gasteiger partial charge in [0.05, 0.1) is 7.11 Å². The van der Waals surface area contributed by atoms with Crippen LogP contribution in [0.15, 0.2) is 66.2 Å². The average Bonchev–Trinajstić information content (AvgIpc) is 2.58. The Morgan fingerprint density at radius 1 is 0.810 bits per heavy atom. The lowest BCUT2D eigenvalue weighted by atomic mass is 10.1. The van der Waals surface area contributed by atoms with Gasteiger partial charge in [0.15, 0.2) is 0 Å². The number of allylic oxidation sites excluding steroid dienone is 2. The van der Waals surface area contributed by atoms with Crippen molar-refractivity contribution in [2.24, 2.45) is 0 Å². The number of ether oxygens (including phenoxy) is 1. The van der Waals surface area contributed by atoms with Crippen LogP contribution in [0.1, 0.15) is 34.6 Å². The Bertz CT molecular complexity index is 491. The third-order valence-corrected chi connectivity index (χ3v) is 2.77. The van der Waals surface area contributed by atoms with E-state index in [1.807, 2.05) is 51.1 Å². The Morgan fingerprint density at radius 2 is 1.24 bits per heavy atom. The summed E-state index contributed by atoms with van der Waals surface area (Å²) < 4.78 is 5.11. The third-order valence-electron chi connectivity index (χ3n) is 2.77. The summed E-state index contributed by atoms with van der Waals surface area (Å²) in [7, 11) is 1.68. The fourth-order valence-corrected chi connectivity index (χ4v) is 1.41. The molecular weight excluding hydrogens is 256 g/mol. The average molecular weight is 284 g/mol. The van der Waals surface area contributed by atoms with Crippen molar-refractivity contribution in [1.29, 1.82) is 0 Å². The minimum absolute atomic E-state index is 0.893. The van der Waals surface area contributed by atoms with Crippen LogP contribution in [0.25, 0.3) is 11.1 Å². The molecule has 2 rings (SSSR count). The molecule has 0 amide bonds. The van der Waals surface area contributed by atoms with Crippen molar-refractivity contribution < 1.29 is 4.74 Å². The minimum Gasteiger partial charge on any atom is -0.497 e. The first-order valence-corrected chi connectivity index (χ1v) is 7.46. The van der Waals surface area contributed by atoms with Gasteiger partial charge in [0, 0.05) is 0 Å². The van der Waals surface area contributed by atoms with Gasteiger partial charge in [-0.3, -0.25) is 0 Å². The number of hydrogen-bond donors (Lipinski definition) is 0. The van der Waals surface area contributed by atoms with E-state index >= 15 is 0 Å². The van der Waals surface area contributed by atoms with Gasteiger partial charge < -0.3 is 4.74 Å². The SMILES string of the molecule is CC.CC=C(C)C.COc1ccc(-c2ccccc2)cc1. The second-order valence-corrected chi connectivity index (χ2v) is 4.46. The van der Waals surface area contributed by atoms with Crippen molar-refractivity contribution >= 4 is 0 Å². The highest BCUT2D eigenvalue weighted by Gasteiger charge is 1.95. The van der Waals surface area contributed by atoms with Crippen LogP contribution in [-0.4, -0.2) is 7.11 Å². The van der Waals surface area contributed by atoms with Crippen LogP contribution in [0.4, 0.5) is 0 Å². The normalized spacial score (nSPS) is 8.48. The molecule has 0 spiro atoms. The van der Waals surface area contributed by atoms with E-state index in [-0.39, 0.29) is 0 Å². The summed E-state index contributed by atoms with van der Waals surface area (Å²) >= 11 is 0. The van der Waals surface area contributed by atoms with Crippen molar-refractivity contribution in [3.05, 3.63) is 66.2 Å². The zero-order chi connectivity index (χ0) is 16.1. The molecule has 0 heterocycles. The molecule has 1 heteroatoms. The van der Waals surface area contributed by atoms with E-state index in [0.717, 1.165) is 5.75 Å². The van der Waals surface area contributed by atoms with Gasteiger partial charge in [-0.1, -0.05) is 68.0 Å². The van der Waals surface area contributed by atoms with Crippen LogP contribution in [0.5, 0.6) is 5.75 Å². The molecule has 0 bridgehead atoms. The van der Waals surface area contributed by atoms with Crippen molar-refractivity contribution in [2.45, 2.75) is 34.6 Å². The number of benzene rings is 2. The van der Waals surface area contributed by atoms with Crippen LogP contribution in [-0.2, 0) is 0 Å². The number of rotatable bonds is 2. The Kier molecular flexibility index (Phi) is 10.6. The Morgan fingerprint density at radius 3 is 1.62 bits per heavy atom. The van der Waals surface area contributed by atoms with Crippen LogP contribution in [0, 0.1) is 0 Å². The monoisotopic (exact) mass is 284 g/mol.